The van der Waals surface area contributed by atoms with Gasteiger partial charge in [0, 0.05) is 13.1 Å². The van der Waals surface area contributed by atoms with Crippen LogP contribution in [0.5, 0.6) is 0 Å². The van der Waals surface area contributed by atoms with Gasteiger partial charge in [-0.1, -0.05) is 59.6 Å². The van der Waals surface area contributed by atoms with E-state index in [1.54, 1.807) is 0 Å². The van der Waals surface area contributed by atoms with Gasteiger partial charge in [0.25, 0.3) is 0 Å². The first-order chi connectivity index (χ1) is 10.1. The zero-order valence-corrected chi connectivity index (χ0v) is 14.6. The highest BCUT2D eigenvalue weighted by Crippen LogP contribution is 2.38. The van der Waals surface area contributed by atoms with Crippen LogP contribution < -0.4 is 0 Å². The lowest BCUT2D eigenvalue weighted by molar-refractivity contribution is -0.151. The molecule has 1 heterocycles. The third kappa shape index (κ3) is 3.58. The molecule has 0 radical (unpaired) electrons. The van der Waals surface area contributed by atoms with Gasteiger partial charge in [0.05, 0.1) is 16.7 Å². The minimum Gasteiger partial charge on any atom is -0.363 e. The summed E-state index contributed by atoms with van der Waals surface area (Å²) in [5.74, 6) is 0. The Morgan fingerprint density at radius 1 is 1.05 bits per heavy atom. The number of rotatable bonds is 4. The molecule has 1 aliphatic heterocycles. The van der Waals surface area contributed by atoms with E-state index in [0.717, 1.165) is 18.7 Å². The highest BCUT2D eigenvalue weighted by molar-refractivity contribution is 6.42. The number of ether oxygens (including phenoxy) is 1. The topological polar surface area (TPSA) is 12.5 Å². The van der Waals surface area contributed by atoms with E-state index < -0.39 is 0 Å². The van der Waals surface area contributed by atoms with Crippen LogP contribution in [0.2, 0.25) is 10.0 Å². The molecule has 0 aromatic heterocycles. The Morgan fingerprint density at radius 2 is 1.73 bits per heavy atom. The Balaban J connectivity index is 0.00000176. The van der Waals surface area contributed by atoms with E-state index in [9.17, 15) is 0 Å². The summed E-state index contributed by atoms with van der Waals surface area (Å²) in [6.07, 6.45) is 0. The SMILES string of the molecule is CN1CC(OCc2ccccc2)(c2ccc(Cl)c(Cl)c2)C1.Cl. The maximum absolute atomic E-state index is 6.26. The van der Waals surface area contributed by atoms with Crippen molar-refractivity contribution in [2.24, 2.45) is 0 Å². The molecule has 0 bridgehead atoms. The van der Waals surface area contributed by atoms with Crippen LogP contribution in [0.25, 0.3) is 0 Å². The van der Waals surface area contributed by atoms with Crippen LogP contribution in [-0.4, -0.2) is 25.0 Å². The normalized spacial score (nSPS) is 16.7. The smallest absolute Gasteiger partial charge is 0.119 e. The van der Waals surface area contributed by atoms with Crippen LogP contribution in [0.15, 0.2) is 48.5 Å². The summed E-state index contributed by atoms with van der Waals surface area (Å²) in [4.78, 5) is 2.23. The lowest BCUT2D eigenvalue weighted by atomic mass is 9.86. The third-order valence-electron chi connectivity index (χ3n) is 3.85. The lowest BCUT2D eigenvalue weighted by Crippen LogP contribution is -2.58. The molecule has 22 heavy (non-hydrogen) atoms. The van der Waals surface area contributed by atoms with Gasteiger partial charge < -0.3 is 4.74 Å². The molecule has 0 spiro atoms. The molecule has 2 aromatic rings. The molecule has 0 amide bonds. The molecule has 0 N–H and O–H groups in total. The van der Waals surface area contributed by atoms with Crippen LogP contribution in [0.1, 0.15) is 11.1 Å². The standard InChI is InChI=1S/C17H17Cl2NO.ClH/c1-20-11-17(12-20,14-7-8-15(18)16(19)9-14)21-10-13-5-3-2-4-6-13;/h2-9H,10-12H2,1H3;1H. The summed E-state index contributed by atoms with van der Waals surface area (Å²) >= 11 is 12.2. The molecule has 118 valence electrons. The van der Waals surface area contributed by atoms with E-state index in [2.05, 4.69) is 24.1 Å². The number of hydrogen-bond donors (Lipinski definition) is 0. The van der Waals surface area contributed by atoms with E-state index in [-0.39, 0.29) is 18.0 Å². The summed E-state index contributed by atoms with van der Waals surface area (Å²) in [7, 11) is 2.08. The van der Waals surface area contributed by atoms with E-state index in [1.807, 2.05) is 36.4 Å². The predicted molar refractivity (Wildman–Crippen MR) is 94.1 cm³/mol. The van der Waals surface area contributed by atoms with E-state index in [4.69, 9.17) is 27.9 Å². The zero-order chi connectivity index (χ0) is 14.9. The second kappa shape index (κ2) is 7.20. The third-order valence-corrected chi connectivity index (χ3v) is 4.59. The molecule has 0 atom stereocenters. The summed E-state index contributed by atoms with van der Waals surface area (Å²) < 4.78 is 6.26. The Kier molecular flexibility index (Phi) is 5.76. The van der Waals surface area contributed by atoms with Crippen molar-refractivity contribution >= 4 is 35.6 Å². The van der Waals surface area contributed by atoms with Gasteiger partial charge in [-0.3, -0.25) is 4.90 Å². The van der Waals surface area contributed by atoms with Gasteiger partial charge in [0.15, 0.2) is 0 Å². The van der Waals surface area contributed by atoms with Crippen LogP contribution in [0, 0.1) is 0 Å². The molecular formula is C17H18Cl3NO. The highest BCUT2D eigenvalue weighted by Gasteiger charge is 2.44. The molecule has 2 aromatic carbocycles. The van der Waals surface area contributed by atoms with Crippen LogP contribution in [0.4, 0.5) is 0 Å². The van der Waals surface area contributed by atoms with Crippen molar-refractivity contribution in [2.75, 3.05) is 20.1 Å². The van der Waals surface area contributed by atoms with Crippen LogP contribution in [-0.2, 0) is 16.9 Å². The van der Waals surface area contributed by atoms with Crippen molar-refractivity contribution in [1.29, 1.82) is 0 Å². The number of benzene rings is 2. The Bertz CT molecular complexity index is 627. The predicted octanol–water partition coefficient (Wildman–Crippen LogP) is 4.77. The molecule has 0 unspecified atom stereocenters. The fraction of sp³-hybridized carbons (Fsp3) is 0.294. The maximum Gasteiger partial charge on any atom is 0.119 e. The van der Waals surface area contributed by atoms with Crippen molar-refractivity contribution in [2.45, 2.75) is 12.2 Å². The van der Waals surface area contributed by atoms with Gasteiger partial charge in [-0.05, 0) is 30.3 Å². The van der Waals surface area contributed by atoms with Crippen molar-refractivity contribution < 1.29 is 4.74 Å². The van der Waals surface area contributed by atoms with Crippen LogP contribution >= 0.6 is 35.6 Å². The van der Waals surface area contributed by atoms with Crippen molar-refractivity contribution in [3.63, 3.8) is 0 Å². The number of likely N-dealkylation sites (N-methyl/N-ethyl adjacent to an activating group) is 1. The second-order valence-electron chi connectivity index (χ2n) is 5.57. The van der Waals surface area contributed by atoms with Crippen molar-refractivity contribution in [3.8, 4) is 0 Å². The average Bonchev–Trinajstić information content (AvgIpc) is 2.46. The number of likely N-dealkylation sites (tertiary alicyclic amines) is 1. The van der Waals surface area contributed by atoms with E-state index in [1.165, 1.54) is 5.56 Å². The van der Waals surface area contributed by atoms with E-state index >= 15 is 0 Å². The largest absolute Gasteiger partial charge is 0.363 e. The average molecular weight is 359 g/mol. The van der Waals surface area contributed by atoms with Crippen molar-refractivity contribution in [1.82, 2.24) is 4.90 Å². The minimum absolute atomic E-state index is 0. The molecule has 0 aliphatic carbocycles. The lowest BCUT2D eigenvalue weighted by Gasteiger charge is -2.48. The number of nitrogens with zero attached hydrogens (tertiary/aromatic N) is 1. The quantitative estimate of drug-likeness (QED) is 0.780. The summed E-state index contributed by atoms with van der Waals surface area (Å²) in [5, 5.41) is 1.15. The summed E-state index contributed by atoms with van der Waals surface area (Å²) in [6, 6.07) is 16.0. The molecular weight excluding hydrogens is 341 g/mol. The Labute approximate surface area is 147 Å². The van der Waals surface area contributed by atoms with Gasteiger partial charge in [0.2, 0.25) is 0 Å². The number of hydrogen-bond acceptors (Lipinski definition) is 2. The van der Waals surface area contributed by atoms with Crippen LogP contribution in [0.3, 0.4) is 0 Å². The molecule has 5 heteroatoms. The molecule has 1 saturated heterocycles. The number of halogens is 3. The molecule has 0 saturated carbocycles. The first-order valence-electron chi connectivity index (χ1n) is 6.91. The van der Waals surface area contributed by atoms with E-state index in [0.29, 0.717) is 16.7 Å². The monoisotopic (exact) mass is 357 g/mol. The van der Waals surface area contributed by atoms with Gasteiger partial charge in [-0.25, -0.2) is 0 Å². The summed E-state index contributed by atoms with van der Waals surface area (Å²) in [6.45, 7) is 2.31. The highest BCUT2D eigenvalue weighted by atomic mass is 35.5. The fourth-order valence-corrected chi connectivity index (χ4v) is 3.06. The van der Waals surface area contributed by atoms with Gasteiger partial charge in [-0.15, -0.1) is 12.4 Å². The maximum atomic E-state index is 6.26. The Hall–Kier alpha value is -0.770. The minimum atomic E-state index is -0.293. The summed E-state index contributed by atoms with van der Waals surface area (Å²) in [5.41, 5.74) is 1.97. The first kappa shape index (κ1) is 17.6. The van der Waals surface area contributed by atoms with Gasteiger partial charge in [0.1, 0.15) is 5.60 Å². The van der Waals surface area contributed by atoms with Gasteiger partial charge >= 0.3 is 0 Å². The molecule has 1 aliphatic rings. The fourth-order valence-electron chi connectivity index (χ4n) is 2.76. The second-order valence-corrected chi connectivity index (χ2v) is 6.38. The first-order valence-corrected chi connectivity index (χ1v) is 7.67. The van der Waals surface area contributed by atoms with Gasteiger partial charge in [-0.2, -0.15) is 0 Å². The zero-order valence-electron chi connectivity index (χ0n) is 12.3. The Morgan fingerprint density at radius 3 is 2.32 bits per heavy atom. The molecule has 3 rings (SSSR count). The molecule has 2 nitrogen and oxygen atoms in total. The molecule has 1 fully saturated rings. The van der Waals surface area contributed by atoms with Crippen molar-refractivity contribution in [3.05, 3.63) is 69.7 Å².